The van der Waals surface area contributed by atoms with Gasteiger partial charge in [-0.2, -0.15) is 0 Å². The third-order valence-corrected chi connectivity index (χ3v) is 7.47. The summed E-state index contributed by atoms with van der Waals surface area (Å²) in [5.41, 5.74) is 0.955. The molecule has 0 amide bonds. The molecule has 0 fully saturated rings. The van der Waals surface area contributed by atoms with E-state index in [4.69, 9.17) is 21.5 Å². The Morgan fingerprint density at radius 2 is 1.27 bits per heavy atom. The molecule has 188 valence electrons. The summed E-state index contributed by atoms with van der Waals surface area (Å²) in [6, 6.07) is -1.21. The van der Waals surface area contributed by atoms with Gasteiger partial charge in [-0.05, 0) is 61.1 Å². The number of para-hydroxylation sites is 1. The number of fused-ring (bicyclic) bond motifs is 7. The fraction of sp³-hybridized carbons (Fsp3) is 0.0526. The molecule has 0 saturated carbocycles. The normalized spacial score (nSPS) is 18.2. The van der Waals surface area contributed by atoms with Gasteiger partial charge in [0, 0.05) is 34.4 Å². The van der Waals surface area contributed by atoms with Crippen LogP contribution in [0.4, 0.5) is 0 Å². The van der Waals surface area contributed by atoms with Crippen molar-refractivity contribution in [3.63, 3.8) is 0 Å². The van der Waals surface area contributed by atoms with Gasteiger partial charge < -0.3 is 9.15 Å². The smallest absolute Gasteiger partial charge is 0.139 e. The van der Waals surface area contributed by atoms with Gasteiger partial charge >= 0.3 is 0 Å². The van der Waals surface area contributed by atoms with Gasteiger partial charge in [-0.25, -0.2) is 0 Å². The summed E-state index contributed by atoms with van der Waals surface area (Å²) in [5.74, 6) is 0.415. The Hall–Kier alpha value is -5.08. The summed E-state index contributed by atoms with van der Waals surface area (Å²) in [7, 11) is 0. The summed E-state index contributed by atoms with van der Waals surface area (Å²) in [6.45, 7) is 0.246. The Balaban J connectivity index is 1.66. The Bertz CT molecular complexity index is 3050. The summed E-state index contributed by atoms with van der Waals surface area (Å²) < 4.78 is 147. The van der Waals surface area contributed by atoms with Crippen LogP contribution in [-0.2, 0) is 6.42 Å². The summed E-state index contributed by atoms with van der Waals surface area (Å²) in [6.07, 6.45) is 0.331. The van der Waals surface area contributed by atoms with Gasteiger partial charge in [0.2, 0.25) is 0 Å². The average Bonchev–Trinajstić information content (AvgIpc) is 3.80. The lowest BCUT2D eigenvalue weighted by molar-refractivity contribution is 0.356. The van der Waals surface area contributed by atoms with Crippen LogP contribution in [0, 0.1) is 0 Å². The topological polar surface area (TPSA) is 22.4 Å². The monoisotopic (exact) mass is 527 g/mol. The van der Waals surface area contributed by atoms with E-state index in [2.05, 4.69) is 0 Å². The van der Waals surface area contributed by atoms with Crippen LogP contribution in [0.25, 0.3) is 76.5 Å². The molecule has 0 N–H and O–H groups in total. The quantitative estimate of drug-likeness (QED) is 0.209. The Labute approximate surface area is 252 Å². The Kier molecular flexibility index (Phi) is 2.46. The first-order valence-electron chi connectivity index (χ1n) is 20.2. The number of rotatable bonds is 2. The van der Waals surface area contributed by atoms with E-state index in [0.29, 0.717) is 45.2 Å². The van der Waals surface area contributed by atoms with E-state index in [1.54, 1.807) is 24.3 Å². The third kappa shape index (κ3) is 2.99. The fourth-order valence-electron chi connectivity index (χ4n) is 5.85. The lowest BCUT2D eigenvalue weighted by Gasteiger charge is -2.20. The number of ether oxygens (including phenoxy) is 1. The maximum atomic E-state index is 9.44. The van der Waals surface area contributed by atoms with E-state index in [-0.39, 0.29) is 39.3 Å². The molecule has 1 aromatic heterocycles. The van der Waals surface area contributed by atoms with Crippen molar-refractivity contribution in [3.05, 3.63) is 127 Å². The SMILES string of the molecule is [2H]c1c([2H])c([2H])c2c([2H])c(-c3c4c([2H])c([2H])c([2H])c([2H])c4c(-c4c5c(cc6oc7ccccc7c46)OCC5)c4c([2H])c([2H])c([2H])c([2H])c34)c([2H])c([2H])c2c1[2H]. The van der Waals surface area contributed by atoms with Crippen molar-refractivity contribution < 1.29 is 29.7 Å². The van der Waals surface area contributed by atoms with E-state index in [1.807, 2.05) is 6.07 Å². The second kappa shape index (κ2) is 8.21. The molecule has 1 aliphatic rings. The van der Waals surface area contributed by atoms with Gasteiger partial charge in [0.05, 0.1) is 27.2 Å². The Morgan fingerprint density at radius 3 is 2.05 bits per heavy atom. The van der Waals surface area contributed by atoms with E-state index < -0.39 is 107 Å². The lowest BCUT2D eigenvalue weighted by atomic mass is 9.83. The van der Waals surface area contributed by atoms with Gasteiger partial charge in [-0.3, -0.25) is 0 Å². The maximum Gasteiger partial charge on any atom is 0.139 e. The molecular formula is C38H24O2. The second-order valence-corrected chi connectivity index (χ2v) is 9.55. The van der Waals surface area contributed by atoms with Crippen LogP contribution in [0.5, 0.6) is 5.75 Å². The zero-order chi connectivity index (χ0) is 39.3. The molecule has 1 aliphatic heterocycles. The summed E-state index contributed by atoms with van der Waals surface area (Å²) >= 11 is 0. The zero-order valence-corrected chi connectivity index (χ0v) is 20.6. The molecule has 2 heterocycles. The minimum absolute atomic E-state index is 0.0264. The molecule has 0 spiro atoms. The molecule has 2 heteroatoms. The van der Waals surface area contributed by atoms with Gasteiger partial charge in [0.15, 0.2) is 0 Å². The molecule has 0 saturated heterocycles. The highest BCUT2D eigenvalue weighted by Gasteiger charge is 2.27. The number of hydrogen-bond acceptors (Lipinski definition) is 2. The predicted octanol–water partition coefficient (Wildman–Crippen LogP) is 10.3. The van der Waals surface area contributed by atoms with Crippen molar-refractivity contribution in [1.82, 2.24) is 0 Å². The summed E-state index contributed by atoms with van der Waals surface area (Å²) in [5, 5.41) is -0.704. The van der Waals surface area contributed by atoms with Crippen molar-refractivity contribution >= 4 is 54.3 Å². The van der Waals surface area contributed by atoms with Crippen molar-refractivity contribution in [1.29, 1.82) is 0 Å². The van der Waals surface area contributed by atoms with Crippen molar-refractivity contribution in [2.24, 2.45) is 0 Å². The van der Waals surface area contributed by atoms with Gasteiger partial charge in [-0.1, -0.05) is 103 Å². The predicted molar refractivity (Wildman–Crippen MR) is 166 cm³/mol. The van der Waals surface area contributed by atoms with Crippen LogP contribution in [0.1, 0.15) is 26.1 Å². The van der Waals surface area contributed by atoms with E-state index >= 15 is 0 Å². The Morgan fingerprint density at radius 1 is 0.600 bits per heavy atom. The molecule has 0 radical (unpaired) electrons. The van der Waals surface area contributed by atoms with E-state index in [1.165, 1.54) is 0 Å². The van der Waals surface area contributed by atoms with Gasteiger partial charge in [0.1, 0.15) is 16.9 Å². The van der Waals surface area contributed by atoms with Crippen LogP contribution in [0.2, 0.25) is 0 Å². The van der Waals surface area contributed by atoms with Crippen LogP contribution in [0.3, 0.4) is 0 Å². The first kappa shape index (κ1) is 12.0. The van der Waals surface area contributed by atoms with E-state index in [0.717, 1.165) is 0 Å². The fourth-order valence-corrected chi connectivity index (χ4v) is 5.85. The molecule has 8 aromatic rings. The third-order valence-electron chi connectivity index (χ3n) is 7.47. The molecular weight excluding hydrogens is 488 g/mol. The zero-order valence-electron chi connectivity index (χ0n) is 35.6. The molecule has 9 rings (SSSR count). The highest BCUT2D eigenvalue weighted by Crippen LogP contribution is 2.51. The minimum atomic E-state index is -0.741. The standard InChI is InChI=1S/C38H24O2/c1-2-10-24-21-25(18-17-23(24)9-1)35-26-11-3-5-13-28(26)36(29-14-6-4-12-27(29)35)38-31-19-20-39-33(31)22-34-37(38)30-15-7-8-16-32(30)40-34/h1-18,21-22H,19-20H2/i1D,2D,3D,4D,5D,6D,9D,10D,11D,12D,13D,14D,17D,18D,21D. The second-order valence-electron chi connectivity index (χ2n) is 9.55. The van der Waals surface area contributed by atoms with Crippen LogP contribution < -0.4 is 4.74 Å². The number of benzene rings is 7. The molecule has 0 unspecified atom stereocenters. The van der Waals surface area contributed by atoms with Crippen molar-refractivity contribution in [3.8, 4) is 28.0 Å². The largest absolute Gasteiger partial charge is 0.493 e. The average molecular weight is 528 g/mol. The van der Waals surface area contributed by atoms with Gasteiger partial charge in [0.25, 0.3) is 0 Å². The van der Waals surface area contributed by atoms with Crippen LogP contribution >= 0.6 is 0 Å². The lowest BCUT2D eigenvalue weighted by Crippen LogP contribution is -1.94. The molecule has 0 bridgehead atoms. The minimum Gasteiger partial charge on any atom is -0.493 e. The highest BCUT2D eigenvalue weighted by molar-refractivity contribution is 6.26. The van der Waals surface area contributed by atoms with Crippen LogP contribution in [-0.4, -0.2) is 6.61 Å². The first-order valence-corrected chi connectivity index (χ1v) is 12.7. The molecule has 0 aliphatic carbocycles. The molecule has 7 aromatic carbocycles. The molecule has 0 atom stereocenters. The van der Waals surface area contributed by atoms with E-state index in [9.17, 15) is 8.22 Å². The van der Waals surface area contributed by atoms with Crippen molar-refractivity contribution in [2.75, 3.05) is 6.61 Å². The van der Waals surface area contributed by atoms with Gasteiger partial charge in [-0.15, -0.1) is 0 Å². The molecule has 40 heavy (non-hydrogen) atoms. The van der Waals surface area contributed by atoms with Crippen molar-refractivity contribution in [2.45, 2.75) is 6.42 Å². The van der Waals surface area contributed by atoms with Crippen LogP contribution in [0.15, 0.2) is 125 Å². The summed E-state index contributed by atoms with van der Waals surface area (Å²) in [4.78, 5) is 0. The number of furan rings is 1. The molecule has 2 nitrogen and oxygen atoms in total. The first-order chi connectivity index (χ1) is 26.1. The number of hydrogen-bond donors (Lipinski definition) is 0. The maximum absolute atomic E-state index is 9.44. The highest BCUT2D eigenvalue weighted by atomic mass is 16.5.